The summed E-state index contributed by atoms with van der Waals surface area (Å²) in [5, 5.41) is 13.6. The molecule has 1 heterocycles. The zero-order valence-electron chi connectivity index (χ0n) is 14.0. The summed E-state index contributed by atoms with van der Waals surface area (Å²) in [7, 11) is 1.55. The number of rotatable bonds is 5. The van der Waals surface area contributed by atoms with E-state index in [1.54, 1.807) is 36.3 Å². The Morgan fingerprint density at radius 3 is 2.77 bits per heavy atom. The summed E-state index contributed by atoms with van der Waals surface area (Å²) < 4.78 is 5.17. The van der Waals surface area contributed by atoms with Crippen LogP contribution in [0.15, 0.2) is 48.5 Å². The lowest BCUT2D eigenvalue weighted by Gasteiger charge is -2.18. The van der Waals surface area contributed by atoms with E-state index in [0.717, 1.165) is 0 Å². The Hall–Kier alpha value is -3.42. The molecule has 0 radical (unpaired) electrons. The highest BCUT2D eigenvalue weighted by Gasteiger charge is 2.32. The van der Waals surface area contributed by atoms with Crippen molar-refractivity contribution in [3.8, 4) is 5.75 Å². The van der Waals surface area contributed by atoms with Crippen LogP contribution in [0.2, 0.25) is 0 Å². The number of ether oxygens (including phenoxy) is 1. The van der Waals surface area contributed by atoms with Crippen LogP contribution in [0.3, 0.4) is 0 Å². The van der Waals surface area contributed by atoms with Crippen molar-refractivity contribution >= 4 is 23.2 Å². The fraction of sp³-hybridized carbons (Fsp3) is 0.222. The van der Waals surface area contributed by atoms with Gasteiger partial charge in [-0.2, -0.15) is 0 Å². The van der Waals surface area contributed by atoms with Crippen LogP contribution in [-0.2, 0) is 4.79 Å². The minimum Gasteiger partial charge on any atom is -0.497 e. The molecule has 8 nitrogen and oxygen atoms in total. The van der Waals surface area contributed by atoms with Gasteiger partial charge in [-0.25, -0.2) is 0 Å². The molecule has 1 saturated heterocycles. The maximum atomic E-state index is 12.3. The summed E-state index contributed by atoms with van der Waals surface area (Å²) in [6, 6.07) is 12.2. The van der Waals surface area contributed by atoms with Gasteiger partial charge >= 0.3 is 0 Å². The maximum Gasteiger partial charge on any atom is 0.270 e. The van der Waals surface area contributed by atoms with E-state index in [1.807, 2.05) is 0 Å². The first kappa shape index (κ1) is 17.4. The second-order valence-electron chi connectivity index (χ2n) is 5.89. The summed E-state index contributed by atoms with van der Waals surface area (Å²) in [5.41, 5.74) is 0.728. The van der Waals surface area contributed by atoms with Crippen molar-refractivity contribution in [3.05, 3.63) is 64.2 Å². The van der Waals surface area contributed by atoms with E-state index < -0.39 is 10.8 Å². The van der Waals surface area contributed by atoms with Crippen molar-refractivity contribution < 1.29 is 19.2 Å². The zero-order chi connectivity index (χ0) is 18.7. The number of nitro groups is 1. The molecule has 2 aromatic carbocycles. The minimum absolute atomic E-state index is 0.109. The van der Waals surface area contributed by atoms with Gasteiger partial charge in [0, 0.05) is 42.4 Å². The summed E-state index contributed by atoms with van der Waals surface area (Å²) in [6.07, 6.45) is 0.165. The number of nitrogens with zero attached hydrogens (tertiary/aromatic N) is 2. The predicted octanol–water partition coefficient (Wildman–Crippen LogP) is 2.14. The Kier molecular flexibility index (Phi) is 4.83. The number of hydrogen-bond acceptors (Lipinski definition) is 5. The monoisotopic (exact) mass is 355 g/mol. The SMILES string of the molecule is COc1cccc(N2C[C@@H](NC(=O)c3cccc([N+](=O)[O-])c3)CC2=O)c1. The van der Waals surface area contributed by atoms with Gasteiger partial charge in [0.25, 0.3) is 11.6 Å². The van der Waals surface area contributed by atoms with E-state index in [2.05, 4.69) is 5.32 Å². The van der Waals surface area contributed by atoms with Crippen LogP contribution in [0.1, 0.15) is 16.8 Å². The van der Waals surface area contributed by atoms with Gasteiger partial charge in [-0.3, -0.25) is 19.7 Å². The first-order valence-corrected chi connectivity index (χ1v) is 7.97. The topological polar surface area (TPSA) is 102 Å². The van der Waals surface area contributed by atoms with Gasteiger partial charge in [-0.15, -0.1) is 0 Å². The molecule has 8 heteroatoms. The Balaban J connectivity index is 1.70. The Labute approximate surface area is 149 Å². The third kappa shape index (κ3) is 3.64. The fourth-order valence-corrected chi connectivity index (χ4v) is 2.86. The summed E-state index contributed by atoms with van der Waals surface area (Å²) in [4.78, 5) is 36.5. The highest BCUT2D eigenvalue weighted by Crippen LogP contribution is 2.25. The number of nitrogens with one attached hydrogen (secondary N) is 1. The number of benzene rings is 2. The smallest absolute Gasteiger partial charge is 0.270 e. The molecule has 0 spiro atoms. The number of carbonyl (C=O) groups excluding carboxylic acids is 2. The number of hydrogen-bond donors (Lipinski definition) is 1. The second-order valence-corrected chi connectivity index (χ2v) is 5.89. The quantitative estimate of drug-likeness (QED) is 0.654. The first-order valence-electron chi connectivity index (χ1n) is 7.97. The Morgan fingerprint density at radius 2 is 2.04 bits per heavy atom. The average molecular weight is 355 g/mol. The molecule has 0 bridgehead atoms. The number of carbonyl (C=O) groups is 2. The van der Waals surface area contributed by atoms with Gasteiger partial charge < -0.3 is 15.0 Å². The molecule has 26 heavy (non-hydrogen) atoms. The van der Waals surface area contributed by atoms with E-state index in [0.29, 0.717) is 18.0 Å². The molecule has 2 aromatic rings. The predicted molar refractivity (Wildman–Crippen MR) is 94.3 cm³/mol. The molecule has 0 unspecified atom stereocenters. The maximum absolute atomic E-state index is 12.3. The molecule has 3 rings (SSSR count). The molecule has 1 N–H and O–H groups in total. The number of methoxy groups -OCH3 is 1. The van der Waals surface area contributed by atoms with E-state index in [9.17, 15) is 19.7 Å². The van der Waals surface area contributed by atoms with Crippen molar-refractivity contribution in [1.82, 2.24) is 5.32 Å². The van der Waals surface area contributed by atoms with Gasteiger partial charge in [0.15, 0.2) is 0 Å². The molecule has 0 saturated carbocycles. The van der Waals surface area contributed by atoms with Gasteiger partial charge in [0.2, 0.25) is 5.91 Å². The summed E-state index contributed by atoms with van der Waals surface area (Å²) >= 11 is 0. The molecular weight excluding hydrogens is 338 g/mol. The first-order chi connectivity index (χ1) is 12.5. The third-order valence-electron chi connectivity index (χ3n) is 4.14. The summed E-state index contributed by atoms with van der Waals surface area (Å²) in [5.74, 6) is 0.0842. The van der Waals surface area contributed by atoms with E-state index in [1.165, 1.54) is 24.3 Å². The number of anilines is 1. The molecule has 134 valence electrons. The number of nitro benzene ring substituents is 1. The van der Waals surface area contributed by atoms with Crippen LogP contribution >= 0.6 is 0 Å². The highest BCUT2D eigenvalue weighted by atomic mass is 16.6. The number of non-ortho nitro benzene ring substituents is 1. The van der Waals surface area contributed by atoms with Crippen LogP contribution in [0.5, 0.6) is 5.75 Å². The van der Waals surface area contributed by atoms with Crippen molar-refractivity contribution in [2.45, 2.75) is 12.5 Å². The lowest BCUT2D eigenvalue weighted by atomic mass is 10.1. The van der Waals surface area contributed by atoms with Crippen LogP contribution in [-0.4, -0.2) is 36.4 Å². The molecule has 1 atom stereocenters. The van der Waals surface area contributed by atoms with Crippen LogP contribution < -0.4 is 15.0 Å². The highest BCUT2D eigenvalue weighted by molar-refractivity contribution is 5.99. The van der Waals surface area contributed by atoms with Gasteiger partial charge in [-0.05, 0) is 18.2 Å². The summed E-state index contributed by atoms with van der Waals surface area (Å²) in [6.45, 7) is 0.326. The molecule has 0 aliphatic carbocycles. The molecule has 2 amide bonds. The Bertz CT molecular complexity index is 867. The van der Waals surface area contributed by atoms with E-state index in [-0.39, 0.29) is 29.6 Å². The van der Waals surface area contributed by atoms with Crippen molar-refractivity contribution in [3.63, 3.8) is 0 Å². The molecule has 0 aromatic heterocycles. The standard InChI is InChI=1S/C18H17N3O5/c1-26-16-7-3-5-14(10-16)20-11-13(9-17(20)22)19-18(23)12-4-2-6-15(8-12)21(24)25/h2-8,10,13H,9,11H2,1H3,(H,19,23)/t13-/m0/s1. The normalized spacial score (nSPS) is 16.4. The number of amides is 2. The van der Waals surface area contributed by atoms with Gasteiger partial charge in [0.05, 0.1) is 18.1 Å². The van der Waals surface area contributed by atoms with Gasteiger partial charge in [0.1, 0.15) is 5.75 Å². The lowest BCUT2D eigenvalue weighted by molar-refractivity contribution is -0.384. The van der Waals surface area contributed by atoms with Crippen LogP contribution in [0.25, 0.3) is 0 Å². The lowest BCUT2D eigenvalue weighted by Crippen LogP contribution is -2.37. The van der Waals surface area contributed by atoms with Crippen molar-refractivity contribution in [1.29, 1.82) is 0 Å². The van der Waals surface area contributed by atoms with E-state index in [4.69, 9.17) is 4.74 Å². The van der Waals surface area contributed by atoms with E-state index >= 15 is 0 Å². The van der Waals surface area contributed by atoms with Gasteiger partial charge in [-0.1, -0.05) is 12.1 Å². The molecule has 1 aliphatic heterocycles. The molecular formula is C18H17N3O5. The second kappa shape index (κ2) is 7.22. The Morgan fingerprint density at radius 1 is 1.27 bits per heavy atom. The molecule has 1 fully saturated rings. The van der Waals surface area contributed by atoms with Crippen LogP contribution in [0, 0.1) is 10.1 Å². The van der Waals surface area contributed by atoms with Crippen molar-refractivity contribution in [2.24, 2.45) is 0 Å². The third-order valence-corrected chi connectivity index (χ3v) is 4.14. The van der Waals surface area contributed by atoms with Crippen molar-refractivity contribution in [2.75, 3.05) is 18.6 Å². The zero-order valence-corrected chi connectivity index (χ0v) is 14.0. The average Bonchev–Trinajstić information content (AvgIpc) is 3.02. The fourth-order valence-electron chi connectivity index (χ4n) is 2.86. The largest absolute Gasteiger partial charge is 0.497 e. The minimum atomic E-state index is -0.555. The molecule has 1 aliphatic rings. The van der Waals surface area contributed by atoms with Crippen LogP contribution in [0.4, 0.5) is 11.4 Å².